The van der Waals surface area contributed by atoms with Crippen molar-refractivity contribution >= 4 is 29.1 Å². The maximum atomic E-state index is 13.1. The summed E-state index contributed by atoms with van der Waals surface area (Å²) in [6.07, 6.45) is 4.48. The number of hydrogen-bond donors (Lipinski definition) is 1. The molecule has 3 aromatic rings. The number of amides is 2. The number of halogens is 2. The molecule has 32 heavy (non-hydrogen) atoms. The molecule has 10 heteroatoms. The van der Waals surface area contributed by atoms with Gasteiger partial charge in [-0.05, 0) is 49.6 Å². The Kier molecular flexibility index (Phi) is 6.45. The van der Waals surface area contributed by atoms with Crippen LogP contribution in [0.4, 0.5) is 10.1 Å². The lowest BCUT2D eigenvalue weighted by atomic mass is 10.1. The van der Waals surface area contributed by atoms with Gasteiger partial charge in [0.25, 0.3) is 11.8 Å². The quantitative estimate of drug-likeness (QED) is 0.593. The van der Waals surface area contributed by atoms with E-state index in [4.69, 9.17) is 20.8 Å². The third-order valence-corrected chi connectivity index (χ3v) is 5.48. The molecule has 1 N–H and O–H groups in total. The van der Waals surface area contributed by atoms with Crippen LogP contribution in [0.2, 0.25) is 5.02 Å². The second-order valence-electron chi connectivity index (χ2n) is 7.47. The fourth-order valence-electron chi connectivity index (χ4n) is 3.53. The summed E-state index contributed by atoms with van der Waals surface area (Å²) in [5.41, 5.74) is 0.640. The minimum atomic E-state index is -0.517. The molecular weight excluding hydrogens is 439 g/mol. The number of anilines is 1. The number of aromatic nitrogens is 2. The first-order valence-corrected chi connectivity index (χ1v) is 10.6. The third kappa shape index (κ3) is 4.77. The smallest absolute Gasteiger partial charge is 0.291 e. The highest BCUT2D eigenvalue weighted by molar-refractivity contribution is 6.32. The number of carbonyl (C=O) groups is 2. The number of nitrogens with one attached hydrogen (secondary N) is 1. The maximum Gasteiger partial charge on any atom is 0.291 e. The van der Waals surface area contributed by atoms with Gasteiger partial charge in [0.15, 0.2) is 5.76 Å². The van der Waals surface area contributed by atoms with E-state index in [9.17, 15) is 14.0 Å². The average Bonchev–Trinajstić information content (AvgIpc) is 3.40. The summed E-state index contributed by atoms with van der Waals surface area (Å²) in [4.78, 5) is 27.4. The van der Waals surface area contributed by atoms with Gasteiger partial charge in [0.05, 0.1) is 16.9 Å². The number of hydrogen-bond acceptors (Lipinski definition) is 5. The molecule has 168 valence electrons. The standard InChI is InChI=1S/C22H22ClFN4O4/c1-27-20(22(30)28-9-3-2-4-10-28)17(12-25-27)26-21(29)19-8-6-15(32-19)13-31-18-7-5-14(24)11-16(18)23/h5-8,11-12H,2-4,9-10,13H2,1H3,(H,26,29). The molecule has 0 aliphatic carbocycles. The van der Waals surface area contributed by atoms with E-state index in [2.05, 4.69) is 10.4 Å². The lowest BCUT2D eigenvalue weighted by molar-refractivity contribution is 0.0714. The van der Waals surface area contributed by atoms with Crippen LogP contribution in [-0.2, 0) is 13.7 Å². The molecule has 1 aromatic carbocycles. The Balaban J connectivity index is 1.42. The maximum absolute atomic E-state index is 13.1. The second-order valence-corrected chi connectivity index (χ2v) is 7.87. The second kappa shape index (κ2) is 9.44. The topological polar surface area (TPSA) is 89.6 Å². The number of ether oxygens (including phenoxy) is 1. The van der Waals surface area contributed by atoms with Gasteiger partial charge in [-0.25, -0.2) is 4.39 Å². The van der Waals surface area contributed by atoms with Crippen LogP contribution in [-0.4, -0.2) is 39.6 Å². The number of aryl methyl sites for hydroxylation is 1. The van der Waals surface area contributed by atoms with Crippen molar-refractivity contribution in [1.82, 2.24) is 14.7 Å². The molecule has 8 nitrogen and oxygen atoms in total. The van der Waals surface area contributed by atoms with E-state index in [0.717, 1.165) is 25.3 Å². The van der Waals surface area contributed by atoms with E-state index in [1.165, 1.54) is 29.1 Å². The van der Waals surface area contributed by atoms with Crippen LogP contribution in [0.1, 0.15) is 46.1 Å². The van der Waals surface area contributed by atoms with E-state index in [0.29, 0.717) is 36.0 Å². The number of benzene rings is 1. The summed E-state index contributed by atoms with van der Waals surface area (Å²) in [6, 6.07) is 6.89. The van der Waals surface area contributed by atoms with Crippen LogP contribution >= 0.6 is 11.6 Å². The van der Waals surface area contributed by atoms with Crippen LogP contribution in [0.5, 0.6) is 5.75 Å². The van der Waals surface area contributed by atoms with Crippen molar-refractivity contribution in [1.29, 1.82) is 0 Å². The molecule has 2 amide bonds. The summed E-state index contributed by atoms with van der Waals surface area (Å²) in [5, 5.41) is 6.97. The number of carbonyl (C=O) groups excluding carboxylic acids is 2. The predicted octanol–water partition coefficient (Wildman–Crippen LogP) is 4.26. The number of likely N-dealkylation sites (tertiary alicyclic amines) is 1. The van der Waals surface area contributed by atoms with Crippen LogP contribution in [0, 0.1) is 5.82 Å². The number of piperidine rings is 1. The normalized spacial score (nSPS) is 13.8. The number of rotatable bonds is 6. The van der Waals surface area contributed by atoms with E-state index in [-0.39, 0.29) is 23.3 Å². The van der Waals surface area contributed by atoms with Crippen molar-refractivity contribution in [2.45, 2.75) is 25.9 Å². The van der Waals surface area contributed by atoms with E-state index in [1.54, 1.807) is 18.0 Å². The van der Waals surface area contributed by atoms with Crippen molar-refractivity contribution in [2.75, 3.05) is 18.4 Å². The molecule has 3 heterocycles. The largest absolute Gasteiger partial charge is 0.484 e. The molecule has 0 unspecified atom stereocenters. The van der Waals surface area contributed by atoms with Gasteiger partial charge in [-0.3, -0.25) is 14.3 Å². The Hall–Kier alpha value is -3.33. The highest BCUT2D eigenvalue weighted by Crippen LogP contribution is 2.26. The van der Waals surface area contributed by atoms with Crippen LogP contribution in [0.15, 0.2) is 40.9 Å². The molecule has 2 aromatic heterocycles. The van der Waals surface area contributed by atoms with Crippen LogP contribution in [0.25, 0.3) is 0 Å². The first-order valence-electron chi connectivity index (χ1n) is 10.2. The molecule has 0 bridgehead atoms. The van der Waals surface area contributed by atoms with Gasteiger partial charge in [-0.1, -0.05) is 11.6 Å². The van der Waals surface area contributed by atoms with Crippen molar-refractivity contribution in [3.05, 3.63) is 64.6 Å². The average molecular weight is 461 g/mol. The van der Waals surface area contributed by atoms with Gasteiger partial charge >= 0.3 is 0 Å². The summed E-state index contributed by atoms with van der Waals surface area (Å²) in [7, 11) is 1.66. The minimum Gasteiger partial charge on any atom is -0.484 e. The monoisotopic (exact) mass is 460 g/mol. The lowest BCUT2D eigenvalue weighted by Gasteiger charge is -2.27. The summed E-state index contributed by atoms with van der Waals surface area (Å²) in [5.74, 6) is -0.415. The van der Waals surface area contributed by atoms with Gasteiger partial charge in [0.1, 0.15) is 29.6 Å². The molecule has 0 saturated carbocycles. The lowest BCUT2D eigenvalue weighted by Crippen LogP contribution is -2.37. The summed E-state index contributed by atoms with van der Waals surface area (Å²) >= 11 is 5.94. The Morgan fingerprint density at radius 3 is 2.75 bits per heavy atom. The Bertz CT molecular complexity index is 1140. The molecule has 4 rings (SSSR count). The Morgan fingerprint density at radius 1 is 1.22 bits per heavy atom. The first kappa shape index (κ1) is 21.9. The molecule has 0 atom stereocenters. The summed E-state index contributed by atoms with van der Waals surface area (Å²) in [6.45, 7) is 1.39. The fraction of sp³-hybridized carbons (Fsp3) is 0.318. The van der Waals surface area contributed by atoms with Crippen molar-refractivity contribution < 1.29 is 23.1 Å². The zero-order chi connectivity index (χ0) is 22.7. The Labute approximate surface area is 188 Å². The molecule has 0 spiro atoms. The molecule has 1 aliphatic heterocycles. The van der Waals surface area contributed by atoms with Crippen LogP contribution < -0.4 is 10.1 Å². The van der Waals surface area contributed by atoms with E-state index in [1.807, 2.05) is 0 Å². The number of nitrogens with zero attached hydrogens (tertiary/aromatic N) is 3. The van der Waals surface area contributed by atoms with Gasteiger partial charge in [-0.2, -0.15) is 5.10 Å². The highest BCUT2D eigenvalue weighted by atomic mass is 35.5. The van der Waals surface area contributed by atoms with Gasteiger partial charge < -0.3 is 19.4 Å². The van der Waals surface area contributed by atoms with Crippen molar-refractivity contribution in [2.24, 2.45) is 7.05 Å². The van der Waals surface area contributed by atoms with Crippen LogP contribution in [0.3, 0.4) is 0 Å². The van der Waals surface area contributed by atoms with Gasteiger partial charge in [0, 0.05) is 20.1 Å². The number of furan rings is 1. The summed E-state index contributed by atoms with van der Waals surface area (Å²) < 4.78 is 25.7. The molecular formula is C22H22ClFN4O4. The van der Waals surface area contributed by atoms with Gasteiger partial charge in [0.2, 0.25) is 0 Å². The molecule has 1 saturated heterocycles. The molecule has 1 aliphatic rings. The predicted molar refractivity (Wildman–Crippen MR) is 115 cm³/mol. The van der Waals surface area contributed by atoms with E-state index >= 15 is 0 Å². The zero-order valence-corrected chi connectivity index (χ0v) is 18.2. The van der Waals surface area contributed by atoms with Crippen molar-refractivity contribution in [3.8, 4) is 5.75 Å². The van der Waals surface area contributed by atoms with Gasteiger partial charge in [-0.15, -0.1) is 0 Å². The third-order valence-electron chi connectivity index (χ3n) is 5.18. The first-order chi connectivity index (χ1) is 15.4. The zero-order valence-electron chi connectivity index (χ0n) is 17.4. The Morgan fingerprint density at radius 2 is 2.00 bits per heavy atom. The highest BCUT2D eigenvalue weighted by Gasteiger charge is 2.26. The fourth-order valence-corrected chi connectivity index (χ4v) is 3.75. The molecule has 1 fully saturated rings. The SMILES string of the molecule is Cn1ncc(NC(=O)c2ccc(COc3ccc(F)cc3Cl)o2)c1C(=O)N1CCCCC1. The van der Waals surface area contributed by atoms with E-state index < -0.39 is 11.7 Å². The minimum absolute atomic E-state index is 0.00419. The molecule has 0 radical (unpaired) electrons. The van der Waals surface area contributed by atoms with Crippen molar-refractivity contribution in [3.63, 3.8) is 0 Å².